The van der Waals surface area contributed by atoms with Gasteiger partial charge in [0.05, 0.1) is 15.8 Å². The highest BCUT2D eigenvalue weighted by molar-refractivity contribution is 7.10. The van der Waals surface area contributed by atoms with Gasteiger partial charge in [-0.25, -0.2) is 4.99 Å². The predicted molar refractivity (Wildman–Crippen MR) is 136 cm³/mol. The molecule has 0 saturated heterocycles. The zero-order chi connectivity index (χ0) is 23.8. The maximum Gasteiger partial charge on any atom is 0.271 e. The van der Waals surface area contributed by atoms with Gasteiger partial charge in [0.25, 0.3) is 11.5 Å². The number of rotatable bonds is 4. The van der Waals surface area contributed by atoms with Crippen molar-refractivity contribution in [2.75, 3.05) is 5.32 Å². The Morgan fingerprint density at radius 1 is 1.09 bits per heavy atom. The molecule has 0 radical (unpaired) electrons. The number of nitrogens with one attached hydrogen (secondary N) is 1. The fourth-order valence-electron chi connectivity index (χ4n) is 3.98. The van der Waals surface area contributed by atoms with Crippen molar-refractivity contribution in [2.45, 2.75) is 19.9 Å². The minimum atomic E-state index is -0.591. The Balaban J connectivity index is 1.66. The van der Waals surface area contributed by atoms with Crippen LogP contribution in [0.25, 0.3) is 6.08 Å². The van der Waals surface area contributed by atoms with Gasteiger partial charge in [0.2, 0.25) is 0 Å². The molecule has 1 aliphatic rings. The van der Waals surface area contributed by atoms with E-state index in [1.165, 1.54) is 22.7 Å². The Labute approximate surface area is 203 Å². The van der Waals surface area contributed by atoms with Crippen LogP contribution in [0.15, 0.2) is 87.1 Å². The van der Waals surface area contributed by atoms with Crippen molar-refractivity contribution in [2.24, 2.45) is 4.99 Å². The molecule has 0 aliphatic carbocycles. The lowest BCUT2D eigenvalue weighted by atomic mass is 10.0. The lowest BCUT2D eigenvalue weighted by Crippen LogP contribution is -2.40. The molecule has 2 N–H and O–H groups in total. The second-order valence-corrected chi connectivity index (χ2v) is 9.91. The number of thiazole rings is 1. The van der Waals surface area contributed by atoms with E-state index in [1.54, 1.807) is 41.8 Å². The molecule has 5 rings (SSSR count). The second-order valence-electron chi connectivity index (χ2n) is 7.93. The van der Waals surface area contributed by atoms with E-state index in [1.807, 2.05) is 48.7 Å². The van der Waals surface area contributed by atoms with Crippen LogP contribution >= 0.6 is 22.7 Å². The fraction of sp³-hybridized carbons (Fsp3) is 0.115. The monoisotopic (exact) mass is 487 g/mol. The molecule has 170 valence electrons. The zero-order valence-corrected chi connectivity index (χ0v) is 20.1. The lowest BCUT2D eigenvalue weighted by Gasteiger charge is -2.24. The zero-order valence-electron chi connectivity index (χ0n) is 18.5. The minimum absolute atomic E-state index is 0.0950. The number of thiophene rings is 1. The number of fused-ring (bicyclic) bond motifs is 1. The first-order chi connectivity index (χ1) is 16.4. The standard InChI is InChI=1S/C26H21N3O3S2/c1-15-8-3-5-10-18(15)28-24(31)22-16(2)27-26-29(23(22)20-12-7-13-33-20)25(32)21(34-26)14-17-9-4-6-11-19(17)30/h3-14,23,30H,1-2H3,(H,28,31). The van der Waals surface area contributed by atoms with Crippen molar-refractivity contribution < 1.29 is 9.90 Å². The second kappa shape index (κ2) is 8.89. The van der Waals surface area contributed by atoms with Crippen LogP contribution in [0, 0.1) is 6.92 Å². The Morgan fingerprint density at radius 2 is 1.85 bits per heavy atom. The average Bonchev–Trinajstić information content (AvgIpc) is 3.45. The molecule has 1 aliphatic heterocycles. The van der Waals surface area contributed by atoms with Gasteiger partial charge >= 0.3 is 0 Å². The van der Waals surface area contributed by atoms with Crippen molar-refractivity contribution in [3.8, 4) is 5.75 Å². The molecule has 4 aromatic rings. The average molecular weight is 488 g/mol. The molecule has 34 heavy (non-hydrogen) atoms. The van der Waals surface area contributed by atoms with Gasteiger partial charge in [-0.2, -0.15) is 0 Å². The molecule has 8 heteroatoms. The Bertz CT molecular complexity index is 1610. The molecule has 0 spiro atoms. The summed E-state index contributed by atoms with van der Waals surface area (Å²) < 4.78 is 2.03. The van der Waals surface area contributed by atoms with Gasteiger partial charge < -0.3 is 10.4 Å². The van der Waals surface area contributed by atoms with Gasteiger partial charge in [0.1, 0.15) is 11.8 Å². The SMILES string of the molecule is CC1=C(C(=O)Nc2ccccc2C)C(c2cccs2)n2c(sc(=Cc3ccccc3O)c2=O)=N1. The first kappa shape index (κ1) is 22.1. The van der Waals surface area contributed by atoms with Gasteiger partial charge in [-0.05, 0) is 49.1 Å². The third-order valence-corrected chi connectivity index (χ3v) is 7.60. The van der Waals surface area contributed by atoms with Crippen molar-refractivity contribution in [1.82, 2.24) is 4.57 Å². The highest BCUT2D eigenvalue weighted by Gasteiger charge is 2.33. The van der Waals surface area contributed by atoms with Gasteiger partial charge in [0.15, 0.2) is 4.80 Å². The normalized spacial score (nSPS) is 15.7. The fourth-order valence-corrected chi connectivity index (χ4v) is 5.84. The summed E-state index contributed by atoms with van der Waals surface area (Å²) in [6.07, 6.45) is 1.66. The summed E-state index contributed by atoms with van der Waals surface area (Å²) in [5.41, 5.74) is 2.97. The number of anilines is 1. The molecule has 0 saturated carbocycles. The number of nitrogens with zero attached hydrogens (tertiary/aromatic N) is 2. The van der Waals surface area contributed by atoms with Crippen LogP contribution < -0.4 is 20.2 Å². The van der Waals surface area contributed by atoms with Crippen LogP contribution in [-0.2, 0) is 4.79 Å². The van der Waals surface area contributed by atoms with Gasteiger partial charge in [-0.1, -0.05) is 53.8 Å². The molecule has 1 atom stereocenters. The van der Waals surface area contributed by atoms with Crippen LogP contribution in [0.1, 0.15) is 29.0 Å². The highest BCUT2D eigenvalue weighted by atomic mass is 32.1. The number of aromatic hydroxyl groups is 1. The first-order valence-electron chi connectivity index (χ1n) is 10.6. The summed E-state index contributed by atoms with van der Waals surface area (Å²) in [4.78, 5) is 33.1. The van der Waals surface area contributed by atoms with Crippen molar-refractivity contribution in [3.63, 3.8) is 0 Å². The molecule has 2 aromatic carbocycles. The van der Waals surface area contributed by atoms with Crippen LogP contribution in [-0.4, -0.2) is 15.6 Å². The predicted octanol–water partition coefficient (Wildman–Crippen LogP) is 3.95. The highest BCUT2D eigenvalue weighted by Crippen LogP contribution is 2.33. The molecule has 3 heterocycles. The number of phenols is 1. The molecular formula is C26H21N3O3S2. The molecule has 1 amide bonds. The molecule has 0 fully saturated rings. The van der Waals surface area contributed by atoms with E-state index in [0.29, 0.717) is 26.2 Å². The third kappa shape index (κ3) is 3.91. The topological polar surface area (TPSA) is 83.7 Å². The van der Waals surface area contributed by atoms with Gasteiger partial charge in [0, 0.05) is 16.1 Å². The lowest BCUT2D eigenvalue weighted by molar-refractivity contribution is -0.113. The number of benzene rings is 2. The van der Waals surface area contributed by atoms with Crippen molar-refractivity contribution >= 4 is 40.3 Å². The van der Waals surface area contributed by atoms with Gasteiger partial charge in [-0.3, -0.25) is 14.2 Å². The summed E-state index contributed by atoms with van der Waals surface area (Å²) >= 11 is 2.74. The number of hydrogen-bond donors (Lipinski definition) is 2. The summed E-state index contributed by atoms with van der Waals surface area (Å²) in [5.74, 6) is -0.193. The smallest absolute Gasteiger partial charge is 0.271 e. The summed E-state index contributed by atoms with van der Waals surface area (Å²) in [7, 11) is 0. The summed E-state index contributed by atoms with van der Waals surface area (Å²) in [5, 5.41) is 15.1. The van der Waals surface area contributed by atoms with E-state index >= 15 is 0 Å². The molecule has 2 aromatic heterocycles. The minimum Gasteiger partial charge on any atom is -0.507 e. The number of allylic oxidation sites excluding steroid dienone is 1. The van der Waals surface area contributed by atoms with Crippen molar-refractivity contribution in [1.29, 1.82) is 0 Å². The number of amides is 1. The van der Waals surface area contributed by atoms with E-state index in [-0.39, 0.29) is 17.2 Å². The molecular weight excluding hydrogens is 466 g/mol. The third-order valence-electron chi connectivity index (χ3n) is 5.70. The van der Waals surface area contributed by atoms with Crippen LogP contribution in [0.4, 0.5) is 5.69 Å². The summed E-state index contributed by atoms with van der Waals surface area (Å²) in [6, 6.07) is 17.7. The Hall–Kier alpha value is -3.75. The molecule has 0 bridgehead atoms. The van der Waals surface area contributed by atoms with E-state index in [2.05, 4.69) is 10.3 Å². The van der Waals surface area contributed by atoms with E-state index < -0.39 is 6.04 Å². The summed E-state index contributed by atoms with van der Waals surface area (Å²) in [6.45, 7) is 3.73. The number of para-hydroxylation sites is 2. The Kier molecular flexibility index (Phi) is 5.77. The largest absolute Gasteiger partial charge is 0.507 e. The van der Waals surface area contributed by atoms with E-state index in [0.717, 1.165) is 16.1 Å². The van der Waals surface area contributed by atoms with Crippen LogP contribution in [0.5, 0.6) is 5.75 Å². The number of carbonyl (C=O) groups is 1. The number of aromatic nitrogens is 1. The maximum absolute atomic E-state index is 13.6. The van der Waals surface area contributed by atoms with E-state index in [4.69, 9.17) is 0 Å². The Morgan fingerprint density at radius 3 is 2.59 bits per heavy atom. The van der Waals surface area contributed by atoms with Gasteiger partial charge in [-0.15, -0.1) is 11.3 Å². The number of carbonyl (C=O) groups excluding carboxylic acids is 1. The maximum atomic E-state index is 13.6. The molecule has 6 nitrogen and oxygen atoms in total. The van der Waals surface area contributed by atoms with E-state index in [9.17, 15) is 14.7 Å². The van der Waals surface area contributed by atoms with Crippen LogP contribution in [0.3, 0.4) is 0 Å². The number of hydrogen-bond acceptors (Lipinski definition) is 6. The van der Waals surface area contributed by atoms with Crippen LogP contribution in [0.2, 0.25) is 0 Å². The molecule has 1 unspecified atom stereocenters. The number of phenolic OH excluding ortho intramolecular Hbond substituents is 1. The number of aryl methyl sites for hydroxylation is 1. The quantitative estimate of drug-likeness (QED) is 0.457. The first-order valence-corrected chi connectivity index (χ1v) is 12.3. The van der Waals surface area contributed by atoms with Crippen molar-refractivity contribution in [3.05, 3.63) is 113 Å².